The zero-order valence-corrected chi connectivity index (χ0v) is 15.0. The van der Waals surface area contributed by atoms with Crippen LogP contribution in [-0.4, -0.2) is 14.2 Å². The first-order chi connectivity index (χ1) is 9.90. The van der Waals surface area contributed by atoms with Gasteiger partial charge in [0.05, 0.1) is 13.2 Å². The van der Waals surface area contributed by atoms with E-state index >= 15 is 0 Å². The van der Waals surface area contributed by atoms with E-state index in [1.165, 1.54) is 11.1 Å². The molecule has 0 fully saturated rings. The quantitative estimate of drug-likeness (QED) is 0.874. The normalized spacial score (nSPS) is 12.5. The molecule has 1 unspecified atom stereocenters. The zero-order chi connectivity index (χ0) is 15.7. The van der Waals surface area contributed by atoms with E-state index < -0.39 is 0 Å². The predicted octanol–water partition coefficient (Wildman–Crippen LogP) is 4.59. The summed E-state index contributed by atoms with van der Waals surface area (Å²) in [6.07, 6.45) is 0. The Kier molecular flexibility index (Phi) is 4.79. The molecule has 1 N–H and O–H groups in total. The van der Waals surface area contributed by atoms with Crippen LogP contribution in [0.1, 0.15) is 39.8 Å². The fourth-order valence-electron chi connectivity index (χ4n) is 2.76. The molecule has 0 saturated carbocycles. The van der Waals surface area contributed by atoms with Crippen LogP contribution >= 0.6 is 15.9 Å². The van der Waals surface area contributed by atoms with E-state index in [1.807, 2.05) is 20.9 Å². The number of halogens is 1. The van der Waals surface area contributed by atoms with E-state index in [2.05, 4.69) is 47.2 Å². The van der Waals surface area contributed by atoms with Gasteiger partial charge in [0, 0.05) is 15.6 Å². The number of ether oxygens (including phenoxy) is 1. The lowest BCUT2D eigenvalue weighted by Crippen LogP contribution is -2.20. The molecule has 2 rings (SSSR count). The van der Waals surface area contributed by atoms with Crippen molar-refractivity contribution in [2.75, 3.05) is 14.2 Å². The summed E-state index contributed by atoms with van der Waals surface area (Å²) in [4.78, 5) is 0. The molecule has 4 heteroatoms. The van der Waals surface area contributed by atoms with Gasteiger partial charge in [-0.3, -0.25) is 0 Å². The van der Waals surface area contributed by atoms with Crippen LogP contribution in [-0.2, 0) is 0 Å². The van der Waals surface area contributed by atoms with Crippen LogP contribution in [0.2, 0.25) is 0 Å². The minimum Gasteiger partial charge on any atom is -0.496 e. The largest absolute Gasteiger partial charge is 0.496 e. The second kappa shape index (κ2) is 6.24. The van der Waals surface area contributed by atoms with Gasteiger partial charge in [0.15, 0.2) is 0 Å². The van der Waals surface area contributed by atoms with Crippen molar-refractivity contribution < 1.29 is 9.15 Å². The first kappa shape index (κ1) is 16.1. The van der Waals surface area contributed by atoms with Crippen LogP contribution in [0.25, 0.3) is 0 Å². The van der Waals surface area contributed by atoms with Gasteiger partial charge < -0.3 is 14.5 Å². The van der Waals surface area contributed by atoms with Crippen LogP contribution in [0.5, 0.6) is 5.75 Å². The summed E-state index contributed by atoms with van der Waals surface area (Å²) < 4.78 is 12.4. The fourth-order valence-corrected chi connectivity index (χ4v) is 3.12. The molecule has 1 aromatic heterocycles. The van der Waals surface area contributed by atoms with Gasteiger partial charge in [-0.05, 0) is 58.0 Å². The lowest BCUT2D eigenvalue weighted by molar-refractivity contribution is 0.404. The van der Waals surface area contributed by atoms with Crippen LogP contribution in [0.4, 0.5) is 0 Å². The highest BCUT2D eigenvalue weighted by Crippen LogP contribution is 2.37. The van der Waals surface area contributed by atoms with Gasteiger partial charge in [-0.2, -0.15) is 0 Å². The van der Waals surface area contributed by atoms with Gasteiger partial charge in [-0.1, -0.05) is 15.9 Å². The second-order valence-electron chi connectivity index (χ2n) is 5.32. The summed E-state index contributed by atoms with van der Waals surface area (Å²) in [6.45, 7) is 8.17. The van der Waals surface area contributed by atoms with Crippen molar-refractivity contribution in [3.63, 3.8) is 0 Å². The molecule has 114 valence electrons. The Bertz CT molecular complexity index is 661. The lowest BCUT2D eigenvalue weighted by atomic mass is 9.94. The number of hydrogen-bond acceptors (Lipinski definition) is 3. The molecule has 0 aliphatic carbocycles. The van der Waals surface area contributed by atoms with Crippen LogP contribution in [0, 0.1) is 27.7 Å². The summed E-state index contributed by atoms with van der Waals surface area (Å²) in [5.74, 6) is 2.80. The average molecular weight is 352 g/mol. The molecule has 0 saturated heterocycles. The number of furan rings is 1. The molecule has 0 bridgehead atoms. The molecule has 0 aliphatic heterocycles. The molecule has 0 amide bonds. The van der Waals surface area contributed by atoms with Gasteiger partial charge >= 0.3 is 0 Å². The van der Waals surface area contributed by atoms with E-state index in [0.29, 0.717) is 0 Å². The Morgan fingerprint density at radius 3 is 2.29 bits per heavy atom. The molecule has 21 heavy (non-hydrogen) atoms. The Balaban J connectivity index is 2.64. The van der Waals surface area contributed by atoms with E-state index in [4.69, 9.17) is 9.15 Å². The SMILES string of the molecule is CNC(c1cc(Br)c(C)cc1OC)c1c(C)oc(C)c1C. The van der Waals surface area contributed by atoms with Crippen molar-refractivity contribution in [1.29, 1.82) is 0 Å². The number of benzene rings is 1. The first-order valence-corrected chi connectivity index (χ1v) is 7.77. The standard InChI is InChI=1S/C17H22BrNO2/c1-9-7-15(20-6)13(8-14(9)18)17(19-5)16-10(2)11(3)21-12(16)4/h7-8,17,19H,1-6H3. The number of rotatable bonds is 4. The van der Waals surface area contributed by atoms with Gasteiger partial charge in [0.2, 0.25) is 0 Å². The molecule has 2 aromatic rings. The maximum Gasteiger partial charge on any atom is 0.124 e. The van der Waals surface area contributed by atoms with Crippen LogP contribution in [0.15, 0.2) is 21.0 Å². The smallest absolute Gasteiger partial charge is 0.124 e. The molecule has 1 heterocycles. The van der Waals surface area contributed by atoms with Crippen molar-refractivity contribution in [3.8, 4) is 5.75 Å². The van der Waals surface area contributed by atoms with Gasteiger partial charge in [-0.25, -0.2) is 0 Å². The van der Waals surface area contributed by atoms with E-state index in [-0.39, 0.29) is 6.04 Å². The van der Waals surface area contributed by atoms with Crippen molar-refractivity contribution in [3.05, 3.63) is 50.4 Å². The predicted molar refractivity (Wildman–Crippen MR) is 89.3 cm³/mol. The number of nitrogens with one attached hydrogen (secondary N) is 1. The average Bonchev–Trinajstić information content (AvgIpc) is 2.69. The highest BCUT2D eigenvalue weighted by molar-refractivity contribution is 9.10. The summed E-state index contributed by atoms with van der Waals surface area (Å²) in [6, 6.07) is 4.21. The number of methoxy groups -OCH3 is 1. The molecule has 0 spiro atoms. The lowest BCUT2D eigenvalue weighted by Gasteiger charge is -2.21. The zero-order valence-electron chi connectivity index (χ0n) is 13.4. The fraction of sp³-hybridized carbons (Fsp3) is 0.412. The molecular weight excluding hydrogens is 330 g/mol. The Labute approximate surface area is 134 Å². The molecular formula is C17H22BrNO2. The number of hydrogen-bond donors (Lipinski definition) is 1. The summed E-state index contributed by atoms with van der Waals surface area (Å²) in [5.41, 5.74) is 4.63. The highest BCUT2D eigenvalue weighted by Gasteiger charge is 2.24. The van der Waals surface area contributed by atoms with E-state index in [1.54, 1.807) is 7.11 Å². The third-order valence-electron chi connectivity index (χ3n) is 4.02. The van der Waals surface area contributed by atoms with Gasteiger partial charge in [-0.15, -0.1) is 0 Å². The maximum atomic E-state index is 5.78. The Morgan fingerprint density at radius 2 is 1.81 bits per heavy atom. The third-order valence-corrected chi connectivity index (χ3v) is 4.87. The van der Waals surface area contributed by atoms with E-state index in [0.717, 1.165) is 32.9 Å². The number of aryl methyl sites for hydroxylation is 3. The Hall–Kier alpha value is -1.26. The van der Waals surface area contributed by atoms with Crippen molar-refractivity contribution in [2.24, 2.45) is 0 Å². The molecule has 0 radical (unpaired) electrons. The first-order valence-electron chi connectivity index (χ1n) is 6.98. The summed E-state index contributed by atoms with van der Waals surface area (Å²) in [5, 5.41) is 3.39. The van der Waals surface area contributed by atoms with Crippen LogP contribution in [0.3, 0.4) is 0 Å². The van der Waals surface area contributed by atoms with Crippen molar-refractivity contribution in [1.82, 2.24) is 5.32 Å². The summed E-state index contributed by atoms with van der Waals surface area (Å²) in [7, 11) is 3.66. The maximum absolute atomic E-state index is 5.78. The minimum atomic E-state index is 0.0364. The molecule has 1 atom stereocenters. The summed E-state index contributed by atoms with van der Waals surface area (Å²) >= 11 is 3.61. The monoisotopic (exact) mass is 351 g/mol. The third kappa shape index (κ3) is 2.87. The molecule has 1 aromatic carbocycles. The van der Waals surface area contributed by atoms with Gasteiger partial charge in [0.1, 0.15) is 17.3 Å². The second-order valence-corrected chi connectivity index (χ2v) is 6.17. The highest BCUT2D eigenvalue weighted by atomic mass is 79.9. The van der Waals surface area contributed by atoms with E-state index in [9.17, 15) is 0 Å². The van der Waals surface area contributed by atoms with Crippen molar-refractivity contribution >= 4 is 15.9 Å². The van der Waals surface area contributed by atoms with Gasteiger partial charge in [0.25, 0.3) is 0 Å². The topological polar surface area (TPSA) is 34.4 Å². The molecule has 0 aliphatic rings. The molecule has 3 nitrogen and oxygen atoms in total. The Morgan fingerprint density at radius 1 is 1.14 bits per heavy atom. The minimum absolute atomic E-state index is 0.0364. The van der Waals surface area contributed by atoms with Crippen LogP contribution < -0.4 is 10.1 Å². The van der Waals surface area contributed by atoms with Crippen molar-refractivity contribution in [2.45, 2.75) is 33.7 Å².